The first kappa shape index (κ1) is 51.5. The summed E-state index contributed by atoms with van der Waals surface area (Å²) in [6, 6.07) is 13.3. The second-order valence-electron chi connectivity index (χ2n) is 14.1. The summed E-state index contributed by atoms with van der Waals surface area (Å²) in [5.41, 5.74) is 3.71. The molecule has 67 heavy (non-hydrogen) atoms. The van der Waals surface area contributed by atoms with Gasteiger partial charge in [-0.05, 0) is 54.6 Å². The van der Waals surface area contributed by atoms with Crippen LogP contribution in [0.25, 0.3) is 11.3 Å². The molecule has 2 atom stereocenters. The molecule has 4 aromatic rings. The van der Waals surface area contributed by atoms with Gasteiger partial charge >= 0.3 is 12.2 Å². The summed E-state index contributed by atoms with van der Waals surface area (Å²) in [6.07, 6.45) is 0.678. The minimum Gasteiger partial charge on any atom is -0.447 e. The molecule has 27 heteroatoms. The Balaban J connectivity index is 0.000000251. The molecule has 4 heterocycles. The minimum atomic E-state index is -4.24. The molecule has 6 rings (SSSR count). The number of halogens is 2. The lowest BCUT2D eigenvalue weighted by molar-refractivity contribution is -0.135. The second kappa shape index (κ2) is 23.8. The summed E-state index contributed by atoms with van der Waals surface area (Å²) < 4.78 is 106. The largest absolute Gasteiger partial charge is 0.447 e. The highest BCUT2D eigenvalue weighted by Gasteiger charge is 2.43. The number of pyridine rings is 2. The first-order valence-electron chi connectivity index (χ1n) is 19.9. The maximum Gasteiger partial charge on any atom is 0.409 e. The van der Waals surface area contributed by atoms with Crippen molar-refractivity contribution in [3.05, 3.63) is 96.8 Å². The van der Waals surface area contributed by atoms with Crippen LogP contribution < -0.4 is 15.7 Å². The number of carbonyl (C=O) groups is 4. The van der Waals surface area contributed by atoms with Gasteiger partial charge in [0.25, 0.3) is 11.8 Å². The Kier molecular flexibility index (Phi) is 18.3. The third kappa shape index (κ3) is 13.3. The summed E-state index contributed by atoms with van der Waals surface area (Å²) in [7, 11) is -5.57. The van der Waals surface area contributed by atoms with Crippen molar-refractivity contribution in [3.63, 3.8) is 0 Å². The van der Waals surface area contributed by atoms with E-state index >= 15 is 0 Å². The number of hydroxylamine groups is 2. The van der Waals surface area contributed by atoms with Crippen molar-refractivity contribution in [2.75, 3.05) is 79.9 Å². The summed E-state index contributed by atoms with van der Waals surface area (Å²) in [4.78, 5) is 58.9. The van der Waals surface area contributed by atoms with Crippen LogP contribution in [-0.4, -0.2) is 172 Å². The van der Waals surface area contributed by atoms with Gasteiger partial charge in [0.15, 0.2) is 0 Å². The number of methoxy groups -OCH3 is 2. The topological polar surface area (TPSA) is 286 Å². The summed E-state index contributed by atoms with van der Waals surface area (Å²) in [6.45, 7) is -0.846. The third-order valence-electron chi connectivity index (χ3n) is 9.85. The lowest BCUT2D eigenvalue weighted by Crippen LogP contribution is -2.61. The molecule has 4 amide bonds. The van der Waals surface area contributed by atoms with E-state index in [-0.39, 0.29) is 81.4 Å². The highest BCUT2D eigenvalue weighted by Crippen LogP contribution is 2.27. The molecular formula is C40H46F2N8O15S2. The molecule has 2 aliphatic rings. The van der Waals surface area contributed by atoms with Gasteiger partial charge in [-0.15, -0.1) is 0 Å². The highest BCUT2D eigenvalue weighted by atomic mass is 32.2. The molecule has 2 fully saturated rings. The SMILES string of the molecule is COCCOC(=O)N1CCN(S(=O)(=O)c2ccc(-c3cccc(F)c3)nc2)[C@@H](C(=O)NO)C1.COCCOC(=O)N1CCN(S(=O)(=O)c2ccc(Oc3ccc(F)cc3)nc2)[C@@H](C(=O)NO)C1. The molecule has 362 valence electrons. The number of benzene rings is 2. The number of nitrogens with zero attached hydrogens (tertiary/aromatic N) is 6. The van der Waals surface area contributed by atoms with Gasteiger partial charge in [-0.3, -0.25) is 25.0 Å². The van der Waals surface area contributed by atoms with Crippen LogP contribution in [-0.2, 0) is 48.6 Å². The summed E-state index contributed by atoms with van der Waals surface area (Å²) >= 11 is 0. The first-order chi connectivity index (χ1) is 32.0. The van der Waals surface area contributed by atoms with Gasteiger partial charge in [0, 0.05) is 71.3 Å². The van der Waals surface area contributed by atoms with Crippen molar-refractivity contribution < 1.29 is 78.9 Å². The quantitative estimate of drug-likeness (QED) is 0.0751. The predicted molar refractivity (Wildman–Crippen MR) is 225 cm³/mol. The molecule has 2 saturated heterocycles. The third-order valence-corrected chi connectivity index (χ3v) is 13.6. The molecule has 2 aromatic heterocycles. The van der Waals surface area contributed by atoms with E-state index in [2.05, 4.69) is 9.97 Å². The van der Waals surface area contributed by atoms with Crippen LogP contribution in [0.4, 0.5) is 18.4 Å². The number of sulfonamides is 2. The fourth-order valence-electron chi connectivity index (χ4n) is 6.45. The number of hydrogen-bond acceptors (Lipinski definition) is 17. The Morgan fingerprint density at radius 2 is 1.16 bits per heavy atom. The van der Waals surface area contributed by atoms with Crippen LogP contribution in [0, 0.1) is 11.6 Å². The normalized spacial score (nSPS) is 16.8. The molecular weight excluding hydrogens is 935 g/mol. The van der Waals surface area contributed by atoms with Gasteiger partial charge in [0.1, 0.15) is 52.5 Å². The zero-order chi connectivity index (χ0) is 48.7. The fourth-order valence-corrected chi connectivity index (χ4v) is 9.48. The van der Waals surface area contributed by atoms with Crippen LogP contribution in [0.2, 0.25) is 0 Å². The number of piperazine rings is 2. The molecule has 23 nitrogen and oxygen atoms in total. The van der Waals surface area contributed by atoms with E-state index in [1.54, 1.807) is 6.07 Å². The van der Waals surface area contributed by atoms with E-state index < -0.39 is 67.8 Å². The van der Waals surface area contributed by atoms with Gasteiger partial charge in [-0.1, -0.05) is 12.1 Å². The second-order valence-corrected chi connectivity index (χ2v) is 17.9. The molecule has 2 aromatic carbocycles. The van der Waals surface area contributed by atoms with E-state index in [1.807, 2.05) is 0 Å². The van der Waals surface area contributed by atoms with Gasteiger partial charge < -0.3 is 33.5 Å². The van der Waals surface area contributed by atoms with Gasteiger partial charge in [0.05, 0.1) is 25.1 Å². The number of amides is 4. The zero-order valence-corrected chi connectivity index (χ0v) is 37.4. The molecule has 0 spiro atoms. The molecule has 2 aliphatic heterocycles. The number of rotatable bonds is 15. The Labute approximate surface area is 382 Å². The monoisotopic (exact) mass is 980 g/mol. The minimum absolute atomic E-state index is 0.00591. The average molecular weight is 981 g/mol. The molecule has 4 N–H and O–H groups in total. The number of aromatic nitrogens is 2. The molecule has 0 saturated carbocycles. The Hall–Kier alpha value is -6.46. The predicted octanol–water partition coefficient (Wildman–Crippen LogP) is 1.83. The zero-order valence-electron chi connectivity index (χ0n) is 35.8. The maximum absolute atomic E-state index is 13.5. The molecule has 0 unspecified atom stereocenters. The average Bonchev–Trinajstić information content (AvgIpc) is 3.34. The van der Waals surface area contributed by atoms with Crippen molar-refractivity contribution in [2.24, 2.45) is 0 Å². The highest BCUT2D eigenvalue weighted by molar-refractivity contribution is 7.89. The number of carbonyl (C=O) groups excluding carboxylic acids is 4. The summed E-state index contributed by atoms with van der Waals surface area (Å²) in [5, 5.41) is 18.2. The number of hydrogen-bond donors (Lipinski definition) is 4. The maximum atomic E-state index is 13.5. The first-order valence-corrected chi connectivity index (χ1v) is 22.8. The van der Waals surface area contributed by atoms with Gasteiger partial charge in [0.2, 0.25) is 25.9 Å². The number of nitrogens with one attached hydrogen (secondary N) is 2. The molecule has 0 bridgehead atoms. The lowest BCUT2D eigenvalue weighted by atomic mass is 10.1. The van der Waals surface area contributed by atoms with E-state index in [0.717, 1.165) is 21.0 Å². The number of ether oxygens (including phenoxy) is 5. The van der Waals surface area contributed by atoms with Crippen molar-refractivity contribution in [2.45, 2.75) is 21.9 Å². The van der Waals surface area contributed by atoms with Crippen molar-refractivity contribution in [3.8, 4) is 22.9 Å². The molecule has 0 radical (unpaired) electrons. The van der Waals surface area contributed by atoms with Crippen LogP contribution in [0.3, 0.4) is 0 Å². The summed E-state index contributed by atoms with van der Waals surface area (Å²) in [5.74, 6) is -2.54. The molecule has 0 aliphatic carbocycles. The van der Waals surface area contributed by atoms with E-state index in [4.69, 9.17) is 34.1 Å². The van der Waals surface area contributed by atoms with E-state index in [9.17, 15) is 44.8 Å². The van der Waals surface area contributed by atoms with Crippen LogP contribution in [0.1, 0.15) is 0 Å². The fraction of sp³-hybridized carbons (Fsp3) is 0.350. The van der Waals surface area contributed by atoms with E-state index in [1.165, 1.54) is 102 Å². The van der Waals surface area contributed by atoms with Crippen molar-refractivity contribution >= 4 is 44.0 Å². The smallest absolute Gasteiger partial charge is 0.409 e. The van der Waals surface area contributed by atoms with Crippen LogP contribution in [0.15, 0.2) is 95.0 Å². The standard InChI is InChI=1S/C20H23FN4O8S.C20H23FN4O7S/c1-31-10-11-32-20(27)24-8-9-25(17(13-24)19(26)23-28)34(29,30)16-6-7-18(22-12-16)33-15-4-2-14(21)3-5-15;1-31-9-10-32-20(27)24-7-8-25(18(13-24)19(26)23-28)33(29,30)16-5-6-17(22-12-16)14-3-2-4-15(21)11-14/h2-7,12,17,28H,8-11,13H2,1H3,(H,23,26);2-6,11-12,18,28H,7-10,13H2,1H3,(H,23,26)/t17-;18-/m11/s1. The van der Waals surface area contributed by atoms with Gasteiger partial charge in [-0.25, -0.2) is 51.1 Å². The van der Waals surface area contributed by atoms with Crippen LogP contribution in [0.5, 0.6) is 11.6 Å². The lowest BCUT2D eigenvalue weighted by Gasteiger charge is -2.38. The Bertz CT molecular complexity index is 2550. The van der Waals surface area contributed by atoms with Crippen molar-refractivity contribution in [1.29, 1.82) is 0 Å². The van der Waals surface area contributed by atoms with Crippen molar-refractivity contribution in [1.82, 2.24) is 39.3 Å². The van der Waals surface area contributed by atoms with E-state index in [0.29, 0.717) is 17.0 Å². The Morgan fingerprint density at radius 1 is 0.657 bits per heavy atom. The van der Waals surface area contributed by atoms with Crippen LogP contribution >= 0.6 is 0 Å². The van der Waals surface area contributed by atoms with Gasteiger partial charge in [-0.2, -0.15) is 8.61 Å². The Morgan fingerprint density at radius 3 is 1.60 bits per heavy atom.